The van der Waals surface area contributed by atoms with Gasteiger partial charge in [0.2, 0.25) is 0 Å². The van der Waals surface area contributed by atoms with E-state index in [2.05, 4.69) is 10.4 Å². The Kier molecular flexibility index (Phi) is 3.36. The number of aromatic nitrogens is 2. The van der Waals surface area contributed by atoms with Crippen LogP contribution in [0.2, 0.25) is 0 Å². The van der Waals surface area contributed by atoms with Crippen molar-refractivity contribution in [2.24, 2.45) is 7.05 Å². The van der Waals surface area contributed by atoms with E-state index in [0.29, 0.717) is 12.2 Å². The molecule has 0 aromatic carbocycles. The largest absolute Gasteiger partial charge is 0.311 e. The summed E-state index contributed by atoms with van der Waals surface area (Å²) in [5, 5.41) is 6.97. The molecule has 0 radical (unpaired) electrons. The standard InChI is InChI=1S/C8H13F2N3/c1-3-11-5-6-4-7(8(9)10)13(2)12-6/h4,8,11H,3,5H2,1-2H3. The van der Waals surface area contributed by atoms with Crippen LogP contribution in [0.4, 0.5) is 8.78 Å². The van der Waals surface area contributed by atoms with Gasteiger partial charge in [0, 0.05) is 13.6 Å². The molecule has 1 heterocycles. The summed E-state index contributed by atoms with van der Waals surface area (Å²) in [6.07, 6.45) is -2.45. The third-order valence-corrected chi connectivity index (χ3v) is 1.75. The molecule has 13 heavy (non-hydrogen) atoms. The Morgan fingerprint density at radius 1 is 1.62 bits per heavy atom. The fourth-order valence-corrected chi connectivity index (χ4v) is 1.09. The first-order valence-electron chi connectivity index (χ1n) is 4.16. The predicted octanol–water partition coefficient (Wildman–Crippen LogP) is 1.47. The van der Waals surface area contributed by atoms with Gasteiger partial charge in [0.15, 0.2) is 0 Å². The van der Waals surface area contributed by atoms with Crippen molar-refractivity contribution in [1.82, 2.24) is 15.1 Å². The molecular formula is C8H13F2N3. The van der Waals surface area contributed by atoms with E-state index in [1.165, 1.54) is 17.8 Å². The number of aryl methyl sites for hydroxylation is 1. The minimum atomic E-state index is -2.45. The highest BCUT2D eigenvalue weighted by molar-refractivity contribution is 5.11. The van der Waals surface area contributed by atoms with Gasteiger partial charge in [-0.3, -0.25) is 4.68 Å². The number of nitrogens with one attached hydrogen (secondary N) is 1. The van der Waals surface area contributed by atoms with Crippen molar-refractivity contribution in [3.8, 4) is 0 Å². The lowest BCUT2D eigenvalue weighted by Crippen LogP contribution is -2.12. The van der Waals surface area contributed by atoms with E-state index in [1.807, 2.05) is 6.92 Å². The Balaban J connectivity index is 2.71. The van der Waals surface area contributed by atoms with Gasteiger partial charge in [0.1, 0.15) is 5.69 Å². The maximum atomic E-state index is 12.3. The van der Waals surface area contributed by atoms with Gasteiger partial charge in [-0.2, -0.15) is 5.10 Å². The molecule has 1 rings (SSSR count). The van der Waals surface area contributed by atoms with Gasteiger partial charge in [0.25, 0.3) is 6.43 Å². The second kappa shape index (κ2) is 4.32. The van der Waals surface area contributed by atoms with Gasteiger partial charge in [-0.25, -0.2) is 8.78 Å². The number of halogens is 2. The Morgan fingerprint density at radius 3 is 2.77 bits per heavy atom. The molecule has 0 saturated carbocycles. The summed E-state index contributed by atoms with van der Waals surface area (Å²) >= 11 is 0. The first-order valence-corrected chi connectivity index (χ1v) is 4.16. The van der Waals surface area contributed by atoms with Crippen molar-refractivity contribution in [3.05, 3.63) is 17.5 Å². The molecule has 0 aliphatic rings. The Morgan fingerprint density at radius 2 is 2.31 bits per heavy atom. The highest BCUT2D eigenvalue weighted by Crippen LogP contribution is 2.18. The van der Waals surface area contributed by atoms with E-state index in [4.69, 9.17) is 0 Å². The van der Waals surface area contributed by atoms with E-state index < -0.39 is 6.43 Å². The molecule has 1 aromatic heterocycles. The van der Waals surface area contributed by atoms with Crippen molar-refractivity contribution >= 4 is 0 Å². The van der Waals surface area contributed by atoms with Crippen LogP contribution in [0.1, 0.15) is 24.7 Å². The quantitative estimate of drug-likeness (QED) is 0.777. The number of hydrogen-bond donors (Lipinski definition) is 1. The summed E-state index contributed by atoms with van der Waals surface area (Å²) in [6.45, 7) is 3.30. The van der Waals surface area contributed by atoms with Crippen LogP contribution in [0.25, 0.3) is 0 Å². The Bertz CT molecular complexity index is 270. The minimum Gasteiger partial charge on any atom is -0.311 e. The number of nitrogens with zero attached hydrogens (tertiary/aromatic N) is 2. The maximum Gasteiger partial charge on any atom is 0.280 e. The average molecular weight is 189 g/mol. The zero-order valence-corrected chi connectivity index (χ0v) is 7.72. The molecule has 0 aliphatic heterocycles. The van der Waals surface area contributed by atoms with Crippen molar-refractivity contribution in [2.45, 2.75) is 19.9 Å². The summed E-state index contributed by atoms with van der Waals surface area (Å²) in [5.41, 5.74) is 0.618. The van der Waals surface area contributed by atoms with Crippen LogP contribution in [-0.4, -0.2) is 16.3 Å². The van der Waals surface area contributed by atoms with Crippen LogP contribution >= 0.6 is 0 Å². The van der Waals surface area contributed by atoms with E-state index in [9.17, 15) is 8.78 Å². The first kappa shape index (κ1) is 10.1. The summed E-state index contributed by atoms with van der Waals surface area (Å²) in [6, 6.07) is 1.42. The van der Waals surface area contributed by atoms with Crippen LogP contribution in [0.15, 0.2) is 6.07 Å². The third-order valence-electron chi connectivity index (χ3n) is 1.75. The summed E-state index contributed by atoms with van der Waals surface area (Å²) < 4.78 is 25.8. The molecule has 0 bridgehead atoms. The number of hydrogen-bond acceptors (Lipinski definition) is 2. The molecule has 74 valence electrons. The normalized spacial score (nSPS) is 11.2. The second-order valence-electron chi connectivity index (χ2n) is 2.77. The molecular weight excluding hydrogens is 176 g/mol. The lowest BCUT2D eigenvalue weighted by Gasteiger charge is -1.96. The summed E-state index contributed by atoms with van der Waals surface area (Å²) in [4.78, 5) is 0. The molecule has 1 N–H and O–H groups in total. The van der Waals surface area contributed by atoms with Crippen molar-refractivity contribution in [3.63, 3.8) is 0 Å². The molecule has 0 atom stereocenters. The second-order valence-corrected chi connectivity index (χ2v) is 2.77. The fraction of sp³-hybridized carbons (Fsp3) is 0.625. The highest BCUT2D eigenvalue weighted by atomic mass is 19.3. The average Bonchev–Trinajstić information content (AvgIpc) is 2.43. The van der Waals surface area contributed by atoms with Crippen LogP contribution < -0.4 is 5.32 Å². The molecule has 0 fully saturated rings. The number of rotatable bonds is 4. The molecule has 1 aromatic rings. The molecule has 0 unspecified atom stereocenters. The van der Waals surface area contributed by atoms with Crippen molar-refractivity contribution in [1.29, 1.82) is 0 Å². The fourth-order valence-electron chi connectivity index (χ4n) is 1.09. The van der Waals surface area contributed by atoms with Crippen molar-refractivity contribution < 1.29 is 8.78 Å². The van der Waals surface area contributed by atoms with Gasteiger partial charge < -0.3 is 5.32 Å². The van der Waals surface area contributed by atoms with Gasteiger partial charge in [-0.1, -0.05) is 6.92 Å². The van der Waals surface area contributed by atoms with Gasteiger partial charge in [-0.05, 0) is 12.6 Å². The van der Waals surface area contributed by atoms with Crippen molar-refractivity contribution in [2.75, 3.05) is 6.54 Å². The maximum absolute atomic E-state index is 12.3. The minimum absolute atomic E-state index is 0.0343. The van der Waals surface area contributed by atoms with E-state index in [-0.39, 0.29) is 5.69 Å². The summed E-state index contributed by atoms with van der Waals surface area (Å²) in [7, 11) is 1.52. The van der Waals surface area contributed by atoms with Gasteiger partial charge in [-0.15, -0.1) is 0 Å². The molecule has 3 nitrogen and oxygen atoms in total. The lowest BCUT2D eigenvalue weighted by atomic mass is 10.3. The number of alkyl halides is 2. The first-order chi connectivity index (χ1) is 6.15. The molecule has 0 spiro atoms. The third kappa shape index (κ3) is 2.48. The Labute approximate surface area is 75.7 Å². The highest BCUT2D eigenvalue weighted by Gasteiger charge is 2.13. The monoisotopic (exact) mass is 189 g/mol. The zero-order chi connectivity index (χ0) is 9.84. The smallest absolute Gasteiger partial charge is 0.280 e. The molecule has 5 heteroatoms. The van der Waals surface area contributed by atoms with E-state index >= 15 is 0 Å². The molecule has 0 amide bonds. The molecule has 0 saturated heterocycles. The van der Waals surface area contributed by atoms with E-state index in [1.54, 1.807) is 0 Å². The van der Waals surface area contributed by atoms with Gasteiger partial charge >= 0.3 is 0 Å². The van der Waals surface area contributed by atoms with Crippen LogP contribution in [-0.2, 0) is 13.6 Å². The SMILES string of the molecule is CCNCc1cc(C(F)F)n(C)n1. The Hall–Kier alpha value is -0.970. The topological polar surface area (TPSA) is 29.9 Å². The zero-order valence-electron chi connectivity index (χ0n) is 7.72. The summed E-state index contributed by atoms with van der Waals surface area (Å²) in [5.74, 6) is 0. The molecule has 0 aliphatic carbocycles. The van der Waals surface area contributed by atoms with Crippen LogP contribution in [0, 0.1) is 0 Å². The lowest BCUT2D eigenvalue weighted by molar-refractivity contribution is 0.141. The van der Waals surface area contributed by atoms with Crippen LogP contribution in [0.3, 0.4) is 0 Å². The van der Waals surface area contributed by atoms with Crippen LogP contribution in [0.5, 0.6) is 0 Å². The van der Waals surface area contributed by atoms with E-state index in [0.717, 1.165) is 6.54 Å². The predicted molar refractivity (Wildman–Crippen MR) is 45.5 cm³/mol. The van der Waals surface area contributed by atoms with Gasteiger partial charge in [0.05, 0.1) is 5.69 Å².